The van der Waals surface area contributed by atoms with E-state index in [1.165, 1.54) is 11.1 Å². The lowest BCUT2D eigenvalue weighted by Gasteiger charge is -2.27. The number of carbonyl (C=O) groups excluding carboxylic acids is 1. The zero-order valence-corrected chi connectivity index (χ0v) is 25.5. The highest BCUT2D eigenvalue weighted by atomic mass is 16.5. The van der Waals surface area contributed by atoms with Gasteiger partial charge >= 0.3 is 0 Å². The quantitative estimate of drug-likeness (QED) is 0.142. The summed E-state index contributed by atoms with van der Waals surface area (Å²) in [5.41, 5.74) is 5.25. The molecule has 0 aliphatic rings. The standard InChI is InChI=1S/C41H37NO3/c1-44-40-28-32(24-25-39(40)45-30-31-14-5-2-6-15-31)29-42(41(43)38-23-13-21-35-20-11-12-22-37(35)38)27-26-36(33-16-7-3-8-17-33)34-18-9-4-10-19-34/h2-25,28,36H,26-27,29-30H2,1H3. The fourth-order valence-corrected chi connectivity index (χ4v) is 5.90. The Bertz CT molecular complexity index is 1790. The Labute approximate surface area is 265 Å². The van der Waals surface area contributed by atoms with Gasteiger partial charge in [-0.3, -0.25) is 4.79 Å². The Morgan fingerprint density at radius 1 is 0.644 bits per heavy atom. The molecule has 0 fully saturated rings. The van der Waals surface area contributed by atoms with E-state index in [0.717, 1.165) is 28.3 Å². The number of carbonyl (C=O) groups is 1. The zero-order chi connectivity index (χ0) is 30.8. The first-order valence-corrected chi connectivity index (χ1v) is 15.4. The number of hydrogen-bond acceptors (Lipinski definition) is 3. The molecule has 0 aliphatic heterocycles. The van der Waals surface area contributed by atoms with E-state index < -0.39 is 0 Å². The van der Waals surface area contributed by atoms with Crippen molar-refractivity contribution < 1.29 is 14.3 Å². The van der Waals surface area contributed by atoms with E-state index in [-0.39, 0.29) is 11.8 Å². The summed E-state index contributed by atoms with van der Waals surface area (Å²) in [6, 6.07) is 51.2. The molecule has 6 aromatic carbocycles. The minimum atomic E-state index is 0.00930. The molecule has 0 N–H and O–H groups in total. The minimum absolute atomic E-state index is 0.00930. The van der Waals surface area contributed by atoms with Gasteiger partial charge in [0, 0.05) is 24.6 Å². The SMILES string of the molecule is COc1cc(CN(CCC(c2ccccc2)c2ccccc2)C(=O)c2cccc3ccccc23)ccc1OCc1ccccc1. The van der Waals surface area contributed by atoms with Crippen LogP contribution in [0, 0.1) is 0 Å². The van der Waals surface area contributed by atoms with Crippen molar-refractivity contribution in [1.29, 1.82) is 0 Å². The third-order valence-corrected chi connectivity index (χ3v) is 8.24. The van der Waals surface area contributed by atoms with Crippen molar-refractivity contribution in [2.45, 2.75) is 25.5 Å². The fourth-order valence-electron chi connectivity index (χ4n) is 5.90. The largest absolute Gasteiger partial charge is 0.493 e. The summed E-state index contributed by atoms with van der Waals surface area (Å²) in [7, 11) is 1.65. The van der Waals surface area contributed by atoms with Gasteiger partial charge in [-0.2, -0.15) is 0 Å². The van der Waals surface area contributed by atoms with Crippen LogP contribution in [0.4, 0.5) is 0 Å². The Balaban J connectivity index is 1.30. The molecule has 45 heavy (non-hydrogen) atoms. The molecule has 0 saturated carbocycles. The zero-order valence-electron chi connectivity index (χ0n) is 25.5. The minimum Gasteiger partial charge on any atom is -0.493 e. The Kier molecular flexibility index (Phi) is 9.52. The van der Waals surface area contributed by atoms with E-state index in [2.05, 4.69) is 60.7 Å². The summed E-state index contributed by atoms with van der Waals surface area (Å²) in [5, 5.41) is 2.01. The normalized spacial score (nSPS) is 11.0. The maximum Gasteiger partial charge on any atom is 0.254 e. The molecule has 1 amide bonds. The van der Waals surface area contributed by atoms with Crippen molar-refractivity contribution in [2.24, 2.45) is 0 Å². The van der Waals surface area contributed by atoms with Gasteiger partial charge in [0.05, 0.1) is 7.11 Å². The van der Waals surface area contributed by atoms with Crippen molar-refractivity contribution in [3.05, 3.63) is 179 Å². The summed E-state index contributed by atoms with van der Waals surface area (Å²) in [4.78, 5) is 16.4. The number of hydrogen-bond donors (Lipinski definition) is 0. The molecule has 0 saturated heterocycles. The maximum atomic E-state index is 14.4. The van der Waals surface area contributed by atoms with Crippen molar-refractivity contribution in [3.63, 3.8) is 0 Å². The Hall–Kier alpha value is -5.35. The van der Waals surface area contributed by atoms with Crippen LogP contribution in [0.25, 0.3) is 10.8 Å². The molecule has 0 spiro atoms. The van der Waals surface area contributed by atoms with Gasteiger partial charge in [-0.15, -0.1) is 0 Å². The molecular formula is C41H37NO3. The molecule has 4 heteroatoms. The predicted molar refractivity (Wildman–Crippen MR) is 182 cm³/mol. The second-order valence-electron chi connectivity index (χ2n) is 11.2. The van der Waals surface area contributed by atoms with Crippen LogP contribution < -0.4 is 9.47 Å². The molecule has 0 bridgehead atoms. The second-order valence-corrected chi connectivity index (χ2v) is 11.2. The van der Waals surface area contributed by atoms with Gasteiger partial charge in [-0.1, -0.05) is 133 Å². The molecule has 0 radical (unpaired) electrons. The number of fused-ring (bicyclic) bond motifs is 1. The van der Waals surface area contributed by atoms with Crippen LogP contribution in [0.3, 0.4) is 0 Å². The van der Waals surface area contributed by atoms with Crippen LogP contribution in [0.15, 0.2) is 152 Å². The van der Waals surface area contributed by atoms with Crippen LogP contribution in [0.1, 0.15) is 45.0 Å². The topological polar surface area (TPSA) is 38.8 Å². The second kappa shape index (κ2) is 14.4. The molecule has 6 rings (SSSR count). The van der Waals surface area contributed by atoms with Crippen molar-refractivity contribution >= 4 is 16.7 Å². The molecular weight excluding hydrogens is 554 g/mol. The first-order chi connectivity index (χ1) is 22.2. The van der Waals surface area contributed by atoms with Crippen molar-refractivity contribution in [3.8, 4) is 11.5 Å². The van der Waals surface area contributed by atoms with E-state index in [4.69, 9.17) is 9.47 Å². The fraction of sp³-hybridized carbons (Fsp3) is 0.146. The lowest BCUT2D eigenvalue weighted by Crippen LogP contribution is -2.32. The van der Waals surface area contributed by atoms with Gasteiger partial charge in [0.15, 0.2) is 11.5 Å². The van der Waals surface area contributed by atoms with Gasteiger partial charge in [0.2, 0.25) is 0 Å². The number of nitrogens with zero attached hydrogens (tertiary/aromatic N) is 1. The lowest BCUT2D eigenvalue weighted by molar-refractivity contribution is 0.0741. The van der Waals surface area contributed by atoms with Crippen molar-refractivity contribution in [2.75, 3.05) is 13.7 Å². The maximum absolute atomic E-state index is 14.4. The molecule has 0 aromatic heterocycles. The van der Waals surface area contributed by atoms with Gasteiger partial charge in [-0.05, 0) is 57.6 Å². The Morgan fingerprint density at radius 2 is 1.27 bits per heavy atom. The average Bonchev–Trinajstić information content (AvgIpc) is 3.11. The van der Waals surface area contributed by atoms with Crippen molar-refractivity contribution in [1.82, 2.24) is 4.90 Å². The number of amides is 1. The van der Waals surface area contributed by atoms with E-state index in [0.29, 0.717) is 36.8 Å². The van der Waals surface area contributed by atoms with Gasteiger partial charge in [0.25, 0.3) is 5.91 Å². The molecule has 0 atom stereocenters. The van der Waals surface area contributed by atoms with E-state index >= 15 is 0 Å². The molecule has 0 heterocycles. The molecule has 6 aromatic rings. The number of rotatable bonds is 12. The highest BCUT2D eigenvalue weighted by molar-refractivity contribution is 6.07. The first-order valence-electron chi connectivity index (χ1n) is 15.4. The third kappa shape index (κ3) is 7.25. The van der Waals surface area contributed by atoms with Gasteiger partial charge in [0.1, 0.15) is 6.61 Å². The number of methoxy groups -OCH3 is 1. The molecule has 0 unspecified atom stereocenters. The summed E-state index contributed by atoms with van der Waals surface area (Å²) in [5.74, 6) is 1.48. The third-order valence-electron chi connectivity index (χ3n) is 8.24. The first kappa shape index (κ1) is 29.7. The molecule has 4 nitrogen and oxygen atoms in total. The average molecular weight is 592 g/mol. The van der Waals surface area contributed by atoms with Crippen LogP contribution in [-0.2, 0) is 13.2 Å². The smallest absolute Gasteiger partial charge is 0.254 e. The number of ether oxygens (including phenoxy) is 2. The highest BCUT2D eigenvalue weighted by Crippen LogP contribution is 2.32. The summed E-state index contributed by atoms with van der Waals surface area (Å²) in [6.07, 6.45) is 0.778. The van der Waals surface area contributed by atoms with E-state index in [9.17, 15) is 4.79 Å². The molecule has 224 valence electrons. The highest BCUT2D eigenvalue weighted by Gasteiger charge is 2.22. The summed E-state index contributed by atoms with van der Waals surface area (Å²) < 4.78 is 11.9. The summed E-state index contributed by atoms with van der Waals surface area (Å²) >= 11 is 0. The van der Waals surface area contributed by atoms with Gasteiger partial charge in [-0.25, -0.2) is 0 Å². The van der Waals surface area contributed by atoms with Gasteiger partial charge < -0.3 is 14.4 Å². The molecule has 0 aliphatic carbocycles. The lowest BCUT2D eigenvalue weighted by atomic mass is 9.88. The van der Waals surface area contributed by atoms with E-state index in [1.807, 2.05) is 95.9 Å². The van der Waals surface area contributed by atoms with Crippen LogP contribution in [0.5, 0.6) is 11.5 Å². The number of benzene rings is 6. The van der Waals surface area contributed by atoms with Crippen LogP contribution in [0.2, 0.25) is 0 Å². The van der Waals surface area contributed by atoms with Crippen LogP contribution in [-0.4, -0.2) is 24.5 Å². The van der Waals surface area contributed by atoms with Crippen LogP contribution >= 0.6 is 0 Å². The van der Waals surface area contributed by atoms with E-state index in [1.54, 1.807) is 7.11 Å². The summed E-state index contributed by atoms with van der Waals surface area (Å²) in [6.45, 7) is 1.46. The Morgan fingerprint density at radius 3 is 1.96 bits per heavy atom. The predicted octanol–water partition coefficient (Wildman–Crippen LogP) is 9.29. The monoisotopic (exact) mass is 591 g/mol.